The molecular formula is C26H22ClN3O2S. The normalized spacial score (nSPS) is 28.1. The standard InChI is InChI=1S/C26H22ClN3O2S/c1-15-4-9-20-19(11-15)26(25(32)29-20)23(24(31)17-3-2-10-28-12-17)22(21-13-33-14-30(21)26)16-5-7-18(27)8-6-16/h2-12,21-23H,13-14H2,1H3,(H,29,32). The lowest BCUT2D eigenvalue weighted by Gasteiger charge is -2.36. The minimum absolute atomic E-state index is 0.0491. The van der Waals surface area contributed by atoms with E-state index in [1.54, 1.807) is 24.5 Å². The number of benzene rings is 2. The SMILES string of the molecule is Cc1ccc2c(c1)C1(C(=O)N2)C(C(=O)c2cccnc2)C(c2ccc(Cl)cc2)C2CSCN21. The molecule has 0 bridgehead atoms. The van der Waals surface area contributed by atoms with E-state index in [1.165, 1.54) is 0 Å². The maximum Gasteiger partial charge on any atom is 0.250 e. The van der Waals surface area contributed by atoms with Crippen LogP contribution in [0, 0.1) is 12.8 Å². The number of rotatable bonds is 3. The van der Waals surface area contributed by atoms with Crippen molar-refractivity contribution in [2.24, 2.45) is 5.92 Å². The second-order valence-corrected chi connectivity index (χ2v) is 10.4. The van der Waals surface area contributed by atoms with Crippen LogP contribution < -0.4 is 5.32 Å². The Balaban J connectivity index is 1.63. The third-order valence-corrected chi connectivity index (χ3v) is 8.55. The lowest BCUT2D eigenvalue weighted by molar-refractivity contribution is -0.127. The number of hydrogen-bond acceptors (Lipinski definition) is 5. The molecular weight excluding hydrogens is 454 g/mol. The van der Waals surface area contributed by atoms with Gasteiger partial charge in [-0.3, -0.25) is 19.5 Å². The monoisotopic (exact) mass is 475 g/mol. The molecule has 1 aromatic heterocycles. The molecule has 6 rings (SSSR count). The number of Topliss-reactive ketones (excluding diaryl/α,β-unsaturated/α-hetero) is 1. The molecule has 3 aromatic rings. The number of nitrogens with one attached hydrogen (secondary N) is 1. The number of fused-ring (bicyclic) bond motifs is 4. The van der Waals surface area contributed by atoms with Gasteiger partial charge in [0.05, 0.1) is 5.92 Å². The van der Waals surface area contributed by atoms with Gasteiger partial charge in [0.1, 0.15) is 5.54 Å². The second-order valence-electron chi connectivity index (χ2n) is 8.97. The Labute approximate surface area is 201 Å². The van der Waals surface area contributed by atoms with E-state index in [0.717, 1.165) is 28.1 Å². The number of thioether (sulfide) groups is 1. The first kappa shape index (κ1) is 20.9. The van der Waals surface area contributed by atoms with Crippen LogP contribution in [-0.2, 0) is 10.3 Å². The highest BCUT2D eigenvalue weighted by molar-refractivity contribution is 7.99. The Morgan fingerprint density at radius 1 is 1.21 bits per heavy atom. The fourth-order valence-electron chi connectivity index (χ4n) is 5.94. The Kier molecular flexibility index (Phi) is 4.87. The van der Waals surface area contributed by atoms with Crippen molar-refractivity contribution in [2.75, 3.05) is 16.9 Å². The summed E-state index contributed by atoms with van der Waals surface area (Å²) in [6.07, 6.45) is 3.27. The van der Waals surface area contributed by atoms with Crippen LogP contribution in [0.1, 0.15) is 33.0 Å². The first-order chi connectivity index (χ1) is 16.0. The van der Waals surface area contributed by atoms with E-state index in [9.17, 15) is 9.59 Å². The lowest BCUT2D eigenvalue weighted by atomic mass is 9.69. The molecule has 1 amide bonds. The molecule has 1 N–H and O–H groups in total. The molecule has 5 nitrogen and oxygen atoms in total. The third-order valence-electron chi connectivity index (χ3n) is 7.26. The number of amides is 1. The van der Waals surface area contributed by atoms with Crippen molar-refractivity contribution < 1.29 is 9.59 Å². The van der Waals surface area contributed by atoms with E-state index >= 15 is 0 Å². The van der Waals surface area contributed by atoms with Crippen molar-refractivity contribution in [3.8, 4) is 0 Å². The summed E-state index contributed by atoms with van der Waals surface area (Å²) in [6, 6.07) is 17.4. The number of aromatic nitrogens is 1. The number of pyridine rings is 1. The van der Waals surface area contributed by atoms with Crippen molar-refractivity contribution >= 4 is 40.7 Å². The molecule has 0 radical (unpaired) electrons. The number of carbonyl (C=O) groups is 2. The van der Waals surface area contributed by atoms with Gasteiger partial charge in [-0.05, 0) is 42.8 Å². The second kappa shape index (κ2) is 7.69. The Bertz CT molecular complexity index is 1270. The minimum Gasteiger partial charge on any atom is -0.324 e. The molecule has 3 aliphatic rings. The third kappa shape index (κ3) is 2.94. The Morgan fingerprint density at radius 2 is 2.03 bits per heavy atom. The van der Waals surface area contributed by atoms with E-state index in [-0.39, 0.29) is 23.7 Å². The smallest absolute Gasteiger partial charge is 0.250 e. The van der Waals surface area contributed by atoms with Gasteiger partial charge in [-0.1, -0.05) is 41.4 Å². The highest BCUT2D eigenvalue weighted by Crippen LogP contribution is 2.61. The molecule has 2 aromatic carbocycles. The van der Waals surface area contributed by atoms with Gasteiger partial charge >= 0.3 is 0 Å². The zero-order valence-corrected chi connectivity index (χ0v) is 19.6. The molecule has 166 valence electrons. The van der Waals surface area contributed by atoms with Gasteiger partial charge in [-0.2, -0.15) is 0 Å². The summed E-state index contributed by atoms with van der Waals surface area (Å²) in [6.45, 7) is 2.02. The molecule has 2 saturated heterocycles. The summed E-state index contributed by atoms with van der Waals surface area (Å²) in [4.78, 5) is 34.7. The van der Waals surface area contributed by atoms with Crippen LogP contribution in [0.25, 0.3) is 0 Å². The van der Waals surface area contributed by atoms with Crippen LogP contribution in [0.2, 0.25) is 5.02 Å². The molecule has 2 fully saturated rings. The Morgan fingerprint density at radius 3 is 2.79 bits per heavy atom. The summed E-state index contributed by atoms with van der Waals surface area (Å²) in [7, 11) is 0. The van der Waals surface area contributed by atoms with Crippen molar-refractivity contribution in [3.63, 3.8) is 0 Å². The van der Waals surface area contributed by atoms with Crippen molar-refractivity contribution in [1.82, 2.24) is 9.88 Å². The summed E-state index contributed by atoms with van der Waals surface area (Å²) in [5, 5.41) is 3.76. The molecule has 0 saturated carbocycles. The van der Waals surface area contributed by atoms with Gasteiger partial charge in [-0.25, -0.2) is 0 Å². The number of nitrogens with zero attached hydrogens (tertiary/aromatic N) is 2. The molecule has 4 atom stereocenters. The summed E-state index contributed by atoms with van der Waals surface area (Å²) in [5.41, 5.74) is 3.26. The average molecular weight is 476 g/mol. The number of hydrogen-bond donors (Lipinski definition) is 1. The maximum atomic E-state index is 14.3. The quantitative estimate of drug-likeness (QED) is 0.548. The topological polar surface area (TPSA) is 62.3 Å². The van der Waals surface area contributed by atoms with Crippen molar-refractivity contribution in [1.29, 1.82) is 0 Å². The van der Waals surface area contributed by atoms with Gasteiger partial charge < -0.3 is 5.32 Å². The van der Waals surface area contributed by atoms with E-state index in [2.05, 4.69) is 21.3 Å². The first-order valence-electron chi connectivity index (χ1n) is 11.0. The van der Waals surface area contributed by atoms with E-state index in [0.29, 0.717) is 16.5 Å². The number of halogens is 1. The van der Waals surface area contributed by atoms with E-state index in [1.807, 2.05) is 55.1 Å². The predicted octanol–water partition coefficient (Wildman–Crippen LogP) is 4.86. The van der Waals surface area contributed by atoms with Crippen LogP contribution in [0.5, 0.6) is 0 Å². The zero-order valence-electron chi connectivity index (χ0n) is 18.0. The fraction of sp³-hybridized carbons (Fsp3) is 0.269. The van der Waals surface area contributed by atoms with Crippen LogP contribution in [0.4, 0.5) is 5.69 Å². The molecule has 33 heavy (non-hydrogen) atoms. The van der Waals surface area contributed by atoms with E-state index in [4.69, 9.17) is 11.6 Å². The molecule has 3 aliphatic heterocycles. The maximum absolute atomic E-state index is 14.3. The van der Waals surface area contributed by atoms with Gasteiger partial charge in [0.15, 0.2) is 5.78 Å². The van der Waals surface area contributed by atoms with Crippen molar-refractivity contribution in [3.05, 3.63) is 94.3 Å². The van der Waals surface area contributed by atoms with Crippen molar-refractivity contribution in [2.45, 2.75) is 24.4 Å². The average Bonchev–Trinajstić information content (AvgIpc) is 3.48. The van der Waals surface area contributed by atoms with Gasteiger partial charge in [0.2, 0.25) is 5.91 Å². The molecule has 4 heterocycles. The molecule has 7 heteroatoms. The number of carbonyl (C=O) groups excluding carboxylic acids is 2. The minimum atomic E-state index is -1.06. The molecule has 4 unspecified atom stereocenters. The van der Waals surface area contributed by atoms with Crippen LogP contribution >= 0.6 is 23.4 Å². The predicted molar refractivity (Wildman–Crippen MR) is 131 cm³/mol. The van der Waals surface area contributed by atoms with Gasteiger partial charge in [0.25, 0.3) is 0 Å². The largest absolute Gasteiger partial charge is 0.324 e. The summed E-state index contributed by atoms with van der Waals surface area (Å²) < 4.78 is 0. The first-order valence-corrected chi connectivity index (χ1v) is 12.5. The zero-order chi connectivity index (χ0) is 22.7. The van der Waals surface area contributed by atoms with Crippen LogP contribution in [0.3, 0.4) is 0 Å². The Hall–Kier alpha value is -2.67. The van der Waals surface area contributed by atoms with Crippen LogP contribution in [0.15, 0.2) is 67.0 Å². The molecule has 1 spiro atoms. The summed E-state index contributed by atoms with van der Waals surface area (Å²) in [5.74, 6) is 0.660. The number of aryl methyl sites for hydroxylation is 1. The number of anilines is 1. The highest BCUT2D eigenvalue weighted by Gasteiger charge is 2.69. The summed E-state index contributed by atoms with van der Waals surface area (Å²) >= 11 is 8.01. The number of ketones is 1. The van der Waals surface area contributed by atoms with E-state index < -0.39 is 11.5 Å². The lowest BCUT2D eigenvalue weighted by Crippen LogP contribution is -2.52. The molecule has 0 aliphatic carbocycles. The van der Waals surface area contributed by atoms with Crippen LogP contribution in [-0.4, -0.2) is 39.2 Å². The van der Waals surface area contributed by atoms with Gasteiger partial charge in [-0.15, -0.1) is 11.8 Å². The fourth-order valence-corrected chi connectivity index (χ4v) is 7.39. The van der Waals surface area contributed by atoms with Gasteiger partial charge in [0, 0.05) is 57.8 Å². The highest BCUT2D eigenvalue weighted by atomic mass is 35.5.